The van der Waals surface area contributed by atoms with Crippen molar-refractivity contribution < 1.29 is 9.21 Å². The number of amides is 1. The highest BCUT2D eigenvalue weighted by Gasteiger charge is 2.31. The lowest BCUT2D eigenvalue weighted by Crippen LogP contribution is -2.51. The molecule has 0 unspecified atom stereocenters. The minimum absolute atomic E-state index is 0.0524. The van der Waals surface area contributed by atoms with Crippen LogP contribution >= 0.6 is 0 Å². The Balaban J connectivity index is 1.76. The second-order valence-electron chi connectivity index (χ2n) is 6.35. The number of nitrogens with zero attached hydrogens (tertiary/aromatic N) is 2. The molecule has 2 N–H and O–H groups in total. The molecule has 3 rings (SSSR count). The lowest BCUT2D eigenvalue weighted by molar-refractivity contribution is 0.0549. The SMILES string of the molecule is C[C@@H](N)[C@@H]1CCCCN1C(=O)c1ccc(Cn2ccccc2=O)o1. The van der Waals surface area contributed by atoms with Crippen LogP contribution in [0.15, 0.2) is 45.7 Å². The number of hydrogen-bond donors (Lipinski definition) is 1. The van der Waals surface area contributed by atoms with Crippen molar-refractivity contribution >= 4 is 5.91 Å². The van der Waals surface area contributed by atoms with Gasteiger partial charge in [0, 0.05) is 30.9 Å². The number of hydrogen-bond acceptors (Lipinski definition) is 4. The second kappa shape index (κ2) is 7.05. The third kappa shape index (κ3) is 3.43. The quantitative estimate of drug-likeness (QED) is 0.928. The van der Waals surface area contributed by atoms with Crippen molar-refractivity contribution in [2.45, 2.75) is 44.8 Å². The zero-order chi connectivity index (χ0) is 17.1. The Morgan fingerprint density at radius 3 is 2.92 bits per heavy atom. The molecule has 2 aromatic rings. The molecule has 0 radical (unpaired) electrons. The monoisotopic (exact) mass is 329 g/mol. The third-order valence-corrected chi connectivity index (χ3v) is 4.51. The van der Waals surface area contributed by atoms with E-state index in [-0.39, 0.29) is 23.6 Å². The standard InChI is InChI=1S/C18H23N3O3/c1-13(19)15-6-2-5-11-21(15)18(23)16-9-8-14(24-16)12-20-10-4-3-7-17(20)22/h3-4,7-10,13,15H,2,5-6,11-12,19H2,1H3/t13-,15+/m1/s1. The summed E-state index contributed by atoms with van der Waals surface area (Å²) in [5, 5.41) is 0. The summed E-state index contributed by atoms with van der Waals surface area (Å²) in [6.07, 6.45) is 4.71. The number of furan rings is 1. The van der Waals surface area contributed by atoms with E-state index in [0.29, 0.717) is 24.6 Å². The van der Waals surface area contributed by atoms with Gasteiger partial charge in [0.15, 0.2) is 5.76 Å². The van der Waals surface area contributed by atoms with E-state index < -0.39 is 0 Å². The van der Waals surface area contributed by atoms with Gasteiger partial charge in [-0.05, 0) is 44.4 Å². The van der Waals surface area contributed by atoms with Crippen LogP contribution in [0.3, 0.4) is 0 Å². The van der Waals surface area contributed by atoms with Gasteiger partial charge in [-0.15, -0.1) is 0 Å². The van der Waals surface area contributed by atoms with Crippen molar-refractivity contribution in [2.24, 2.45) is 5.73 Å². The molecule has 1 aliphatic heterocycles. The molecule has 6 nitrogen and oxygen atoms in total. The average molecular weight is 329 g/mol. The van der Waals surface area contributed by atoms with E-state index in [2.05, 4.69) is 0 Å². The fourth-order valence-electron chi connectivity index (χ4n) is 3.23. The minimum atomic E-state index is -0.122. The van der Waals surface area contributed by atoms with Gasteiger partial charge in [-0.25, -0.2) is 0 Å². The summed E-state index contributed by atoms with van der Waals surface area (Å²) in [4.78, 5) is 26.3. The molecule has 1 saturated heterocycles. The predicted molar refractivity (Wildman–Crippen MR) is 90.8 cm³/mol. The van der Waals surface area contributed by atoms with Crippen LogP contribution in [-0.4, -0.2) is 34.0 Å². The molecule has 128 valence electrons. The zero-order valence-electron chi connectivity index (χ0n) is 13.9. The van der Waals surface area contributed by atoms with Gasteiger partial charge in [0.05, 0.1) is 6.54 Å². The lowest BCUT2D eigenvalue weighted by Gasteiger charge is -2.37. The van der Waals surface area contributed by atoms with E-state index in [9.17, 15) is 9.59 Å². The molecular weight excluding hydrogens is 306 g/mol. The lowest BCUT2D eigenvalue weighted by atomic mass is 9.96. The van der Waals surface area contributed by atoms with Gasteiger partial charge in [0.25, 0.3) is 11.5 Å². The summed E-state index contributed by atoms with van der Waals surface area (Å²) in [5.41, 5.74) is 5.93. The van der Waals surface area contributed by atoms with Crippen LogP contribution in [0.1, 0.15) is 42.5 Å². The van der Waals surface area contributed by atoms with Crippen molar-refractivity contribution in [1.82, 2.24) is 9.47 Å². The second-order valence-corrected chi connectivity index (χ2v) is 6.35. The van der Waals surface area contributed by atoms with Gasteiger partial charge in [0.2, 0.25) is 0 Å². The summed E-state index contributed by atoms with van der Waals surface area (Å²) in [7, 11) is 0. The summed E-state index contributed by atoms with van der Waals surface area (Å²) in [6.45, 7) is 2.95. The van der Waals surface area contributed by atoms with Crippen molar-refractivity contribution in [2.75, 3.05) is 6.54 Å². The van der Waals surface area contributed by atoms with Crippen LogP contribution in [0.25, 0.3) is 0 Å². The number of carbonyl (C=O) groups is 1. The number of carbonyl (C=O) groups excluding carboxylic acids is 1. The largest absolute Gasteiger partial charge is 0.454 e. The topological polar surface area (TPSA) is 81.5 Å². The molecule has 6 heteroatoms. The molecule has 24 heavy (non-hydrogen) atoms. The Labute approximate surface area is 140 Å². The predicted octanol–water partition coefficient (Wildman–Crippen LogP) is 1.83. The minimum Gasteiger partial charge on any atom is -0.454 e. The Hall–Kier alpha value is -2.34. The maximum absolute atomic E-state index is 12.8. The molecule has 0 bridgehead atoms. The van der Waals surface area contributed by atoms with Gasteiger partial charge in [0.1, 0.15) is 5.76 Å². The average Bonchev–Trinajstić information content (AvgIpc) is 3.05. The number of likely N-dealkylation sites (tertiary alicyclic amines) is 1. The Morgan fingerprint density at radius 1 is 1.33 bits per heavy atom. The summed E-state index contributed by atoms with van der Waals surface area (Å²) in [6, 6.07) is 8.40. The molecule has 0 aliphatic carbocycles. The Bertz CT molecular complexity index is 763. The fourth-order valence-corrected chi connectivity index (χ4v) is 3.23. The molecule has 0 spiro atoms. The highest BCUT2D eigenvalue weighted by Crippen LogP contribution is 2.22. The smallest absolute Gasteiger partial charge is 0.289 e. The molecule has 2 atom stereocenters. The van der Waals surface area contributed by atoms with Crippen LogP contribution in [0.4, 0.5) is 0 Å². The number of nitrogens with two attached hydrogens (primary N) is 1. The Morgan fingerprint density at radius 2 is 2.17 bits per heavy atom. The van der Waals surface area contributed by atoms with Crippen LogP contribution in [0, 0.1) is 0 Å². The van der Waals surface area contributed by atoms with Gasteiger partial charge in [-0.3, -0.25) is 9.59 Å². The van der Waals surface area contributed by atoms with E-state index in [1.54, 1.807) is 35.0 Å². The number of pyridine rings is 1. The highest BCUT2D eigenvalue weighted by molar-refractivity contribution is 5.91. The molecule has 3 heterocycles. The van der Waals surface area contributed by atoms with E-state index in [1.165, 1.54) is 6.07 Å². The number of piperidine rings is 1. The number of rotatable bonds is 4. The van der Waals surface area contributed by atoms with Gasteiger partial charge in [-0.2, -0.15) is 0 Å². The van der Waals surface area contributed by atoms with Gasteiger partial charge in [-0.1, -0.05) is 6.07 Å². The maximum atomic E-state index is 12.8. The normalized spacial score (nSPS) is 19.2. The van der Waals surface area contributed by atoms with E-state index in [1.807, 2.05) is 11.8 Å². The van der Waals surface area contributed by atoms with Crippen LogP contribution in [0.5, 0.6) is 0 Å². The van der Waals surface area contributed by atoms with Crippen LogP contribution in [-0.2, 0) is 6.54 Å². The van der Waals surface area contributed by atoms with Crippen molar-refractivity contribution in [3.05, 3.63) is 58.4 Å². The Kier molecular flexibility index (Phi) is 4.85. The zero-order valence-corrected chi connectivity index (χ0v) is 13.9. The first-order chi connectivity index (χ1) is 11.6. The highest BCUT2D eigenvalue weighted by atomic mass is 16.4. The first kappa shape index (κ1) is 16.5. The first-order valence-corrected chi connectivity index (χ1v) is 8.37. The molecule has 0 aromatic carbocycles. The van der Waals surface area contributed by atoms with Crippen molar-refractivity contribution in [1.29, 1.82) is 0 Å². The molecular formula is C18H23N3O3. The molecule has 2 aromatic heterocycles. The fraction of sp³-hybridized carbons (Fsp3) is 0.444. The van der Waals surface area contributed by atoms with Gasteiger partial charge >= 0.3 is 0 Å². The van der Waals surface area contributed by atoms with E-state index in [0.717, 1.165) is 19.3 Å². The summed E-state index contributed by atoms with van der Waals surface area (Å²) < 4.78 is 7.23. The first-order valence-electron chi connectivity index (χ1n) is 8.37. The van der Waals surface area contributed by atoms with E-state index >= 15 is 0 Å². The molecule has 1 aliphatic rings. The maximum Gasteiger partial charge on any atom is 0.289 e. The van der Waals surface area contributed by atoms with Crippen LogP contribution < -0.4 is 11.3 Å². The van der Waals surface area contributed by atoms with Crippen molar-refractivity contribution in [3.63, 3.8) is 0 Å². The number of aromatic nitrogens is 1. The molecule has 1 amide bonds. The molecule has 0 saturated carbocycles. The van der Waals surface area contributed by atoms with Gasteiger partial charge < -0.3 is 19.6 Å². The molecule has 1 fully saturated rings. The summed E-state index contributed by atoms with van der Waals surface area (Å²) in [5.74, 6) is 0.770. The third-order valence-electron chi connectivity index (χ3n) is 4.51. The van der Waals surface area contributed by atoms with Crippen LogP contribution in [0.2, 0.25) is 0 Å². The summed E-state index contributed by atoms with van der Waals surface area (Å²) >= 11 is 0. The van der Waals surface area contributed by atoms with Crippen molar-refractivity contribution in [3.8, 4) is 0 Å². The van der Waals surface area contributed by atoms with E-state index in [4.69, 9.17) is 10.2 Å².